The Morgan fingerprint density at radius 2 is 2.33 bits per heavy atom. The summed E-state index contributed by atoms with van der Waals surface area (Å²) in [5.41, 5.74) is 6.60. The van der Waals surface area contributed by atoms with Crippen molar-refractivity contribution in [1.29, 1.82) is 0 Å². The van der Waals surface area contributed by atoms with Gasteiger partial charge in [0.25, 0.3) is 0 Å². The minimum atomic E-state index is -0.297. The fourth-order valence-electron chi connectivity index (χ4n) is 2.50. The van der Waals surface area contributed by atoms with Crippen LogP contribution in [-0.4, -0.2) is 29.4 Å². The van der Waals surface area contributed by atoms with Crippen LogP contribution in [0.4, 0.5) is 4.39 Å². The van der Waals surface area contributed by atoms with Crippen molar-refractivity contribution in [2.45, 2.75) is 38.3 Å². The number of benzene rings is 1. The number of nitrogens with two attached hydrogens (primary N) is 1. The molecule has 0 saturated carbocycles. The molecule has 0 radical (unpaired) electrons. The smallest absolute Gasteiger partial charge is 0.227 e. The third-order valence-corrected chi connectivity index (χ3v) is 3.48. The van der Waals surface area contributed by atoms with Crippen LogP contribution in [0.5, 0.6) is 0 Å². The summed E-state index contributed by atoms with van der Waals surface area (Å²) < 4.78 is 13.0. The minimum Gasteiger partial charge on any atom is -0.340 e. The second-order valence-corrected chi connectivity index (χ2v) is 5.03. The standard InChI is InChI=1S/C14H19FN2O/c1-10-7-13(16)5-6-17(10)14(18)9-11-3-2-4-12(15)8-11/h2-4,8,10,13H,5-7,9,16H2,1H3. The second kappa shape index (κ2) is 5.48. The van der Waals surface area contributed by atoms with Gasteiger partial charge in [0.05, 0.1) is 6.42 Å². The molecule has 1 saturated heterocycles. The Labute approximate surface area is 107 Å². The molecular formula is C14H19FN2O. The maximum atomic E-state index is 13.0. The molecule has 1 aliphatic heterocycles. The van der Waals surface area contributed by atoms with Crippen molar-refractivity contribution in [1.82, 2.24) is 4.90 Å². The van der Waals surface area contributed by atoms with Crippen LogP contribution in [0.15, 0.2) is 24.3 Å². The summed E-state index contributed by atoms with van der Waals surface area (Å²) >= 11 is 0. The average Bonchev–Trinajstić information content (AvgIpc) is 2.28. The van der Waals surface area contributed by atoms with Gasteiger partial charge in [-0.15, -0.1) is 0 Å². The highest BCUT2D eigenvalue weighted by Gasteiger charge is 2.26. The van der Waals surface area contributed by atoms with Crippen LogP contribution in [-0.2, 0) is 11.2 Å². The average molecular weight is 250 g/mol. The van der Waals surface area contributed by atoms with Crippen molar-refractivity contribution in [3.05, 3.63) is 35.6 Å². The van der Waals surface area contributed by atoms with Crippen LogP contribution in [0, 0.1) is 5.82 Å². The van der Waals surface area contributed by atoms with Crippen LogP contribution in [0.1, 0.15) is 25.3 Å². The van der Waals surface area contributed by atoms with Crippen LogP contribution in [0.3, 0.4) is 0 Å². The number of likely N-dealkylation sites (tertiary alicyclic amines) is 1. The second-order valence-electron chi connectivity index (χ2n) is 5.03. The van der Waals surface area contributed by atoms with E-state index in [1.807, 2.05) is 11.8 Å². The first kappa shape index (κ1) is 13.0. The Morgan fingerprint density at radius 3 is 3.00 bits per heavy atom. The molecule has 2 N–H and O–H groups in total. The molecule has 2 rings (SSSR count). The number of hydrogen-bond acceptors (Lipinski definition) is 2. The Balaban J connectivity index is 1.99. The number of rotatable bonds is 2. The molecule has 1 aromatic rings. The van der Waals surface area contributed by atoms with Gasteiger partial charge in [0.1, 0.15) is 5.82 Å². The van der Waals surface area contributed by atoms with Crippen LogP contribution < -0.4 is 5.73 Å². The lowest BCUT2D eigenvalue weighted by Gasteiger charge is -2.36. The first-order chi connectivity index (χ1) is 8.56. The zero-order valence-electron chi connectivity index (χ0n) is 10.6. The first-order valence-corrected chi connectivity index (χ1v) is 6.36. The first-order valence-electron chi connectivity index (χ1n) is 6.36. The molecule has 3 nitrogen and oxygen atoms in total. The highest BCUT2D eigenvalue weighted by atomic mass is 19.1. The molecule has 1 aliphatic rings. The minimum absolute atomic E-state index is 0.0556. The van der Waals surface area contributed by atoms with Gasteiger partial charge in [-0.3, -0.25) is 4.79 Å². The number of piperidine rings is 1. The number of nitrogens with zero attached hydrogens (tertiary/aromatic N) is 1. The largest absolute Gasteiger partial charge is 0.340 e. The van der Waals surface area contributed by atoms with E-state index in [4.69, 9.17) is 5.73 Å². The molecule has 0 spiro atoms. The number of amides is 1. The Bertz CT molecular complexity index is 436. The van der Waals surface area contributed by atoms with E-state index >= 15 is 0 Å². The number of carbonyl (C=O) groups excluding carboxylic acids is 1. The summed E-state index contributed by atoms with van der Waals surface area (Å²) in [7, 11) is 0. The molecule has 1 heterocycles. The molecule has 4 heteroatoms. The molecule has 98 valence electrons. The zero-order valence-corrected chi connectivity index (χ0v) is 10.6. The van der Waals surface area contributed by atoms with Crippen molar-refractivity contribution in [2.24, 2.45) is 5.73 Å². The summed E-state index contributed by atoms with van der Waals surface area (Å²) in [4.78, 5) is 14.0. The van der Waals surface area contributed by atoms with Crippen molar-refractivity contribution in [3.63, 3.8) is 0 Å². The van der Waals surface area contributed by atoms with Gasteiger partial charge in [0.15, 0.2) is 0 Å². The predicted octanol–water partition coefficient (Wildman–Crippen LogP) is 1.71. The summed E-state index contributed by atoms with van der Waals surface area (Å²) in [5.74, 6) is -0.242. The van der Waals surface area contributed by atoms with Crippen LogP contribution in [0.25, 0.3) is 0 Å². The van der Waals surface area contributed by atoms with E-state index in [-0.39, 0.29) is 30.2 Å². The normalized spacial score (nSPS) is 24.1. The molecule has 0 aliphatic carbocycles. The molecule has 1 fully saturated rings. The predicted molar refractivity (Wildman–Crippen MR) is 68.5 cm³/mol. The Hall–Kier alpha value is -1.42. The maximum absolute atomic E-state index is 13.0. The number of carbonyl (C=O) groups is 1. The van der Waals surface area contributed by atoms with E-state index in [0.29, 0.717) is 6.54 Å². The van der Waals surface area contributed by atoms with E-state index in [1.54, 1.807) is 12.1 Å². The maximum Gasteiger partial charge on any atom is 0.227 e. The Kier molecular flexibility index (Phi) is 3.97. The van der Waals surface area contributed by atoms with Crippen molar-refractivity contribution < 1.29 is 9.18 Å². The third kappa shape index (κ3) is 3.07. The topological polar surface area (TPSA) is 46.3 Å². The molecule has 0 bridgehead atoms. The van der Waals surface area contributed by atoms with Crippen molar-refractivity contribution in [3.8, 4) is 0 Å². The highest BCUT2D eigenvalue weighted by Crippen LogP contribution is 2.17. The lowest BCUT2D eigenvalue weighted by Crippen LogP contribution is -2.48. The van der Waals surface area contributed by atoms with Gasteiger partial charge in [-0.1, -0.05) is 12.1 Å². The monoisotopic (exact) mass is 250 g/mol. The van der Waals surface area contributed by atoms with Gasteiger partial charge in [0, 0.05) is 18.6 Å². The van der Waals surface area contributed by atoms with Crippen molar-refractivity contribution >= 4 is 5.91 Å². The molecule has 0 aromatic heterocycles. The molecule has 2 atom stereocenters. The van der Waals surface area contributed by atoms with Crippen LogP contribution >= 0.6 is 0 Å². The van der Waals surface area contributed by atoms with Gasteiger partial charge in [-0.05, 0) is 37.5 Å². The van der Waals surface area contributed by atoms with Gasteiger partial charge < -0.3 is 10.6 Å². The summed E-state index contributed by atoms with van der Waals surface area (Å²) in [6.07, 6.45) is 1.95. The fourth-order valence-corrected chi connectivity index (χ4v) is 2.50. The summed E-state index contributed by atoms with van der Waals surface area (Å²) in [6, 6.07) is 6.58. The zero-order chi connectivity index (χ0) is 13.1. The van der Waals surface area contributed by atoms with E-state index in [0.717, 1.165) is 18.4 Å². The van der Waals surface area contributed by atoms with Gasteiger partial charge >= 0.3 is 0 Å². The highest BCUT2D eigenvalue weighted by molar-refractivity contribution is 5.79. The molecule has 2 unspecified atom stereocenters. The van der Waals surface area contributed by atoms with E-state index in [2.05, 4.69) is 0 Å². The molecule has 1 aromatic carbocycles. The fraction of sp³-hybridized carbons (Fsp3) is 0.500. The molecule has 18 heavy (non-hydrogen) atoms. The van der Waals surface area contributed by atoms with E-state index in [1.165, 1.54) is 12.1 Å². The summed E-state index contributed by atoms with van der Waals surface area (Å²) in [6.45, 7) is 2.72. The van der Waals surface area contributed by atoms with Gasteiger partial charge in [-0.2, -0.15) is 0 Å². The lowest BCUT2D eigenvalue weighted by molar-refractivity contribution is -0.133. The number of hydrogen-bond donors (Lipinski definition) is 1. The van der Waals surface area contributed by atoms with Crippen LogP contribution in [0.2, 0.25) is 0 Å². The molecular weight excluding hydrogens is 231 g/mol. The quantitative estimate of drug-likeness (QED) is 0.868. The lowest BCUT2D eigenvalue weighted by atomic mass is 9.98. The van der Waals surface area contributed by atoms with Crippen molar-refractivity contribution in [2.75, 3.05) is 6.54 Å². The van der Waals surface area contributed by atoms with E-state index in [9.17, 15) is 9.18 Å². The molecule has 1 amide bonds. The van der Waals surface area contributed by atoms with Gasteiger partial charge in [-0.25, -0.2) is 4.39 Å². The Morgan fingerprint density at radius 1 is 1.56 bits per heavy atom. The summed E-state index contributed by atoms with van der Waals surface area (Å²) in [5, 5.41) is 0. The number of halogens is 1. The van der Waals surface area contributed by atoms with E-state index < -0.39 is 0 Å². The van der Waals surface area contributed by atoms with Gasteiger partial charge in [0.2, 0.25) is 5.91 Å². The third-order valence-electron chi connectivity index (χ3n) is 3.48. The SMILES string of the molecule is CC1CC(N)CCN1C(=O)Cc1cccc(F)c1.